The molecule has 216 valence electrons. The fourth-order valence-corrected chi connectivity index (χ4v) is 8.52. The van der Waals surface area contributed by atoms with E-state index in [2.05, 4.69) is 4.98 Å². The number of benzene rings is 2. The number of carbonyl (C=O) groups excluding carboxylic acids is 1. The Hall–Kier alpha value is -3.50. The molecule has 3 aliphatic rings. The van der Waals surface area contributed by atoms with E-state index in [0.717, 1.165) is 36.8 Å². The average molecular weight is 577 g/mol. The minimum absolute atomic E-state index is 0.0557. The van der Waals surface area contributed by atoms with Gasteiger partial charge in [-0.25, -0.2) is 18.2 Å². The van der Waals surface area contributed by atoms with Crippen LogP contribution in [0.1, 0.15) is 43.7 Å². The van der Waals surface area contributed by atoms with Gasteiger partial charge in [0.05, 0.1) is 41.7 Å². The van der Waals surface area contributed by atoms with E-state index in [9.17, 15) is 23.1 Å². The number of piperidine rings is 1. The molecule has 0 radical (unpaired) electrons. The molecule has 3 heterocycles. The molecule has 0 bridgehead atoms. The summed E-state index contributed by atoms with van der Waals surface area (Å²) in [6.07, 6.45) is 5.25. The molecule has 1 spiro atoms. The second-order valence-corrected chi connectivity index (χ2v) is 14.0. The minimum Gasteiger partial charge on any atom is -0.387 e. The maximum absolute atomic E-state index is 14.0. The summed E-state index contributed by atoms with van der Waals surface area (Å²) in [5.74, 6) is -0.152. The molecule has 9 nitrogen and oxygen atoms in total. The summed E-state index contributed by atoms with van der Waals surface area (Å²) >= 11 is 0. The second-order valence-electron chi connectivity index (χ2n) is 11.8. The van der Waals surface area contributed by atoms with Crippen molar-refractivity contribution in [1.82, 2.24) is 19.4 Å². The lowest BCUT2D eigenvalue weighted by atomic mass is 9.66. The Morgan fingerprint density at radius 2 is 1.66 bits per heavy atom. The number of carbonyl (C=O) groups is 1. The number of hydrogen-bond donors (Lipinski definition) is 1. The molecule has 2 aliphatic heterocycles. The molecule has 1 aromatic heterocycles. The van der Waals surface area contributed by atoms with Crippen molar-refractivity contribution in [1.29, 1.82) is 0 Å². The summed E-state index contributed by atoms with van der Waals surface area (Å²) in [5.41, 5.74) is 0.297. The molecule has 1 saturated carbocycles. The highest BCUT2D eigenvalue weighted by Crippen LogP contribution is 2.52. The van der Waals surface area contributed by atoms with Crippen LogP contribution >= 0.6 is 0 Å². The molecular formula is C31H36N4O5S. The van der Waals surface area contributed by atoms with Gasteiger partial charge < -0.3 is 14.9 Å². The van der Waals surface area contributed by atoms with Crippen molar-refractivity contribution in [2.24, 2.45) is 5.41 Å². The number of sulfone groups is 1. The Labute approximate surface area is 240 Å². The number of aliphatic hydroxyl groups is 1. The van der Waals surface area contributed by atoms with Gasteiger partial charge in [0.25, 0.3) is 5.56 Å². The predicted octanol–water partition coefficient (Wildman–Crippen LogP) is 3.50. The zero-order chi connectivity index (χ0) is 28.7. The molecule has 10 heteroatoms. The molecule has 0 unspecified atom stereocenters. The fourth-order valence-electron chi connectivity index (χ4n) is 7.02. The number of amides is 2. The number of urea groups is 1. The standard InChI is InChI=1S/C31H36N4O5S/c36-28-19-26(24-9-3-1-4-10-24)32-23-34(28)22-31(38)15-16-33(21-30(31)13-7-8-14-30)29(37)35-17-18-41(39,40)20-27(35)25-11-5-2-6-12-25/h1-6,9-12,19,23,27,38H,7-8,13-18,20-22H2/t27-,31-/m1/s1. The van der Waals surface area contributed by atoms with Crippen LogP contribution in [0.3, 0.4) is 0 Å². The molecule has 1 aliphatic carbocycles. The van der Waals surface area contributed by atoms with E-state index in [1.165, 1.54) is 17.0 Å². The van der Waals surface area contributed by atoms with Crippen LogP contribution in [-0.2, 0) is 16.4 Å². The van der Waals surface area contributed by atoms with E-state index >= 15 is 0 Å². The molecule has 3 aromatic rings. The van der Waals surface area contributed by atoms with Crippen LogP contribution in [0.5, 0.6) is 0 Å². The van der Waals surface area contributed by atoms with Gasteiger partial charge in [0, 0.05) is 36.7 Å². The van der Waals surface area contributed by atoms with Crippen LogP contribution in [0, 0.1) is 5.41 Å². The lowest BCUT2D eigenvalue weighted by Gasteiger charge is -2.53. The van der Waals surface area contributed by atoms with E-state index in [1.54, 1.807) is 9.80 Å². The normalized spacial score (nSPS) is 25.3. The number of aromatic nitrogens is 2. The van der Waals surface area contributed by atoms with E-state index in [1.807, 2.05) is 60.7 Å². The second kappa shape index (κ2) is 10.7. The first-order valence-corrected chi connectivity index (χ1v) is 16.2. The molecule has 2 saturated heterocycles. The zero-order valence-electron chi connectivity index (χ0n) is 23.1. The van der Waals surface area contributed by atoms with Gasteiger partial charge in [-0.3, -0.25) is 9.36 Å². The first-order chi connectivity index (χ1) is 19.7. The van der Waals surface area contributed by atoms with Gasteiger partial charge in [0.2, 0.25) is 0 Å². The van der Waals surface area contributed by atoms with Gasteiger partial charge >= 0.3 is 6.03 Å². The van der Waals surface area contributed by atoms with Gasteiger partial charge in [-0.15, -0.1) is 0 Å². The Morgan fingerprint density at radius 1 is 0.976 bits per heavy atom. The zero-order valence-corrected chi connectivity index (χ0v) is 23.9. The molecule has 1 N–H and O–H groups in total. The fraction of sp³-hybridized carbons (Fsp3) is 0.452. The summed E-state index contributed by atoms with van der Waals surface area (Å²) < 4.78 is 26.6. The molecular weight excluding hydrogens is 540 g/mol. The highest BCUT2D eigenvalue weighted by Gasteiger charge is 2.56. The summed E-state index contributed by atoms with van der Waals surface area (Å²) in [7, 11) is -3.27. The Morgan fingerprint density at radius 3 is 2.34 bits per heavy atom. The van der Waals surface area contributed by atoms with E-state index in [4.69, 9.17) is 0 Å². The van der Waals surface area contributed by atoms with Crippen LogP contribution in [0.4, 0.5) is 4.79 Å². The molecule has 3 fully saturated rings. The molecule has 2 atom stereocenters. The van der Waals surface area contributed by atoms with Crippen LogP contribution in [0.15, 0.2) is 77.9 Å². The summed E-state index contributed by atoms with van der Waals surface area (Å²) in [6.45, 7) is 0.956. The molecule has 6 rings (SSSR count). The monoisotopic (exact) mass is 576 g/mol. The maximum atomic E-state index is 14.0. The van der Waals surface area contributed by atoms with Gasteiger partial charge in [0.15, 0.2) is 9.84 Å². The molecule has 2 amide bonds. The first kappa shape index (κ1) is 27.7. The van der Waals surface area contributed by atoms with Crippen molar-refractivity contribution >= 4 is 15.9 Å². The van der Waals surface area contributed by atoms with Crippen molar-refractivity contribution in [2.45, 2.75) is 50.3 Å². The maximum Gasteiger partial charge on any atom is 0.320 e. The summed E-state index contributed by atoms with van der Waals surface area (Å²) in [5, 5.41) is 12.2. The highest BCUT2D eigenvalue weighted by molar-refractivity contribution is 7.91. The van der Waals surface area contributed by atoms with Crippen molar-refractivity contribution < 1.29 is 18.3 Å². The topological polar surface area (TPSA) is 113 Å². The van der Waals surface area contributed by atoms with E-state index < -0.39 is 26.9 Å². The van der Waals surface area contributed by atoms with E-state index in [0.29, 0.717) is 25.2 Å². The van der Waals surface area contributed by atoms with Crippen LogP contribution < -0.4 is 5.56 Å². The first-order valence-electron chi connectivity index (χ1n) is 14.3. The van der Waals surface area contributed by atoms with Crippen LogP contribution in [0.25, 0.3) is 11.3 Å². The number of likely N-dealkylation sites (tertiary alicyclic amines) is 1. The highest BCUT2D eigenvalue weighted by atomic mass is 32.2. The Kier molecular flexibility index (Phi) is 7.23. The Bertz CT molecular complexity index is 1570. The molecule has 41 heavy (non-hydrogen) atoms. The van der Waals surface area contributed by atoms with Crippen molar-refractivity contribution in [3.05, 3.63) is 89.0 Å². The van der Waals surface area contributed by atoms with Crippen molar-refractivity contribution in [2.75, 3.05) is 31.1 Å². The van der Waals surface area contributed by atoms with Crippen LogP contribution in [0.2, 0.25) is 0 Å². The minimum atomic E-state index is -3.27. The SMILES string of the molecule is O=C(N1CC[C@@](O)(Cn2cnc(-c3ccccc3)cc2=O)C2(CCCC2)C1)N1CCS(=O)(=O)C[C@@H]1c1ccccc1. The molecule has 2 aromatic carbocycles. The third kappa shape index (κ3) is 5.30. The van der Waals surface area contributed by atoms with Gasteiger partial charge in [-0.1, -0.05) is 73.5 Å². The lowest BCUT2D eigenvalue weighted by Crippen LogP contribution is -2.64. The lowest BCUT2D eigenvalue weighted by molar-refractivity contribution is -0.136. The van der Waals surface area contributed by atoms with Gasteiger partial charge in [-0.05, 0) is 24.8 Å². The summed E-state index contributed by atoms with van der Waals surface area (Å²) in [6, 6.07) is 19.6. The smallest absolute Gasteiger partial charge is 0.320 e. The average Bonchev–Trinajstić information content (AvgIpc) is 3.46. The largest absolute Gasteiger partial charge is 0.387 e. The van der Waals surface area contributed by atoms with Crippen molar-refractivity contribution in [3.8, 4) is 11.3 Å². The third-order valence-electron chi connectivity index (χ3n) is 9.35. The van der Waals surface area contributed by atoms with Gasteiger partial charge in [0.1, 0.15) is 0 Å². The number of hydrogen-bond acceptors (Lipinski definition) is 6. The van der Waals surface area contributed by atoms with Crippen LogP contribution in [-0.4, -0.2) is 75.6 Å². The predicted molar refractivity (Wildman–Crippen MR) is 156 cm³/mol. The summed E-state index contributed by atoms with van der Waals surface area (Å²) in [4.78, 5) is 35.1. The third-order valence-corrected chi connectivity index (χ3v) is 11.0. The van der Waals surface area contributed by atoms with Crippen molar-refractivity contribution in [3.63, 3.8) is 0 Å². The number of rotatable bonds is 4. The van der Waals surface area contributed by atoms with Gasteiger partial charge in [-0.2, -0.15) is 0 Å². The number of nitrogens with zero attached hydrogens (tertiary/aromatic N) is 4. The Balaban J connectivity index is 1.24. The van der Waals surface area contributed by atoms with E-state index in [-0.39, 0.29) is 36.2 Å². The quantitative estimate of drug-likeness (QED) is 0.509.